The van der Waals surface area contributed by atoms with E-state index in [0.717, 1.165) is 24.0 Å². The van der Waals surface area contributed by atoms with Crippen LogP contribution in [-0.4, -0.2) is 31.5 Å². The third-order valence-electron chi connectivity index (χ3n) is 1.48. The molecule has 13 heavy (non-hydrogen) atoms. The highest BCUT2D eigenvalue weighted by atomic mass is 32.2. The van der Waals surface area contributed by atoms with Crippen LogP contribution < -0.4 is 0 Å². The number of thioether (sulfide) groups is 1. The molecule has 0 aliphatic carbocycles. The van der Waals surface area contributed by atoms with Gasteiger partial charge in [0.25, 0.3) is 0 Å². The lowest BCUT2D eigenvalue weighted by Gasteiger charge is -1.99. The Morgan fingerprint density at radius 2 is 2.46 bits per heavy atom. The van der Waals surface area contributed by atoms with Crippen molar-refractivity contribution in [3.63, 3.8) is 0 Å². The first-order valence-corrected chi connectivity index (χ1v) is 4.82. The molecule has 0 bridgehead atoms. The maximum atomic E-state index is 10.5. The number of carboxylic acids is 1. The number of rotatable bonds is 4. The van der Waals surface area contributed by atoms with E-state index < -0.39 is 11.2 Å². The highest BCUT2D eigenvalue weighted by Crippen LogP contribution is 2.18. The van der Waals surface area contributed by atoms with Crippen LogP contribution in [0.4, 0.5) is 0 Å². The van der Waals surface area contributed by atoms with Gasteiger partial charge in [0.2, 0.25) is 5.16 Å². The molecule has 1 aromatic rings. The maximum absolute atomic E-state index is 10.5. The van der Waals surface area contributed by atoms with Crippen molar-refractivity contribution >= 4 is 17.7 Å². The number of hydrogen-bond acceptors (Lipinski definition) is 4. The van der Waals surface area contributed by atoms with Gasteiger partial charge in [-0.1, -0.05) is 18.7 Å². The van der Waals surface area contributed by atoms with Crippen LogP contribution in [-0.2, 0) is 11.2 Å². The molecule has 0 saturated carbocycles. The average molecular weight is 201 g/mol. The first-order valence-electron chi connectivity index (χ1n) is 3.94. The molecule has 6 heteroatoms. The van der Waals surface area contributed by atoms with Crippen molar-refractivity contribution in [2.24, 2.45) is 0 Å². The lowest BCUT2D eigenvalue weighted by molar-refractivity contribution is -0.136. The molecule has 0 amide bonds. The predicted octanol–water partition coefficient (Wildman–Crippen LogP) is 0.932. The Bertz CT molecular complexity index is 300. The zero-order valence-electron chi connectivity index (χ0n) is 7.44. The summed E-state index contributed by atoms with van der Waals surface area (Å²) in [7, 11) is 0. The van der Waals surface area contributed by atoms with Gasteiger partial charge in [0.05, 0.1) is 0 Å². The van der Waals surface area contributed by atoms with Gasteiger partial charge in [0, 0.05) is 6.42 Å². The zero-order chi connectivity index (χ0) is 9.84. The van der Waals surface area contributed by atoms with Gasteiger partial charge >= 0.3 is 5.97 Å². The maximum Gasteiger partial charge on any atom is 0.316 e. The summed E-state index contributed by atoms with van der Waals surface area (Å²) in [5, 5.41) is 15.2. The summed E-state index contributed by atoms with van der Waals surface area (Å²) in [6, 6.07) is 0. The lowest BCUT2D eigenvalue weighted by atomic mass is 10.5. The van der Waals surface area contributed by atoms with E-state index in [2.05, 4.69) is 15.2 Å². The summed E-state index contributed by atoms with van der Waals surface area (Å²) in [5.41, 5.74) is 0. The Morgan fingerprint density at radius 3 is 2.92 bits per heavy atom. The van der Waals surface area contributed by atoms with Gasteiger partial charge in [-0.25, -0.2) is 4.98 Å². The smallest absolute Gasteiger partial charge is 0.316 e. The molecular weight excluding hydrogens is 190 g/mol. The van der Waals surface area contributed by atoms with Crippen molar-refractivity contribution in [3.8, 4) is 0 Å². The molecule has 72 valence electrons. The largest absolute Gasteiger partial charge is 0.480 e. The Morgan fingerprint density at radius 1 is 1.77 bits per heavy atom. The number of aryl methyl sites for hydroxylation is 1. The summed E-state index contributed by atoms with van der Waals surface area (Å²) >= 11 is 1.13. The minimum Gasteiger partial charge on any atom is -0.480 e. The number of aromatic nitrogens is 3. The Labute approximate surface area is 80.0 Å². The van der Waals surface area contributed by atoms with Gasteiger partial charge in [-0.15, -0.1) is 5.10 Å². The van der Waals surface area contributed by atoms with Gasteiger partial charge in [-0.05, 0) is 6.92 Å². The number of nitrogens with zero attached hydrogens (tertiary/aromatic N) is 2. The topological polar surface area (TPSA) is 78.9 Å². The van der Waals surface area contributed by atoms with Crippen LogP contribution in [0.2, 0.25) is 0 Å². The second kappa shape index (κ2) is 4.27. The summed E-state index contributed by atoms with van der Waals surface area (Å²) < 4.78 is 0. The SMILES string of the molecule is CCc1nc(S[C@@H](C)C(=O)O)n[nH]1. The molecular formula is C7H11N3O2S. The second-order valence-corrected chi connectivity index (χ2v) is 3.82. The number of carboxylic acid groups (broad SMARTS) is 1. The minimum absolute atomic E-state index is 0.492. The minimum atomic E-state index is -0.854. The van der Waals surface area contributed by atoms with Crippen molar-refractivity contribution in [3.05, 3.63) is 5.82 Å². The third kappa shape index (κ3) is 2.73. The van der Waals surface area contributed by atoms with Crippen LogP contribution in [0.3, 0.4) is 0 Å². The number of carbonyl (C=O) groups is 1. The first kappa shape index (κ1) is 10.0. The summed E-state index contributed by atoms with van der Waals surface area (Å²) in [4.78, 5) is 14.6. The number of aliphatic carboxylic acids is 1. The third-order valence-corrected chi connectivity index (χ3v) is 2.42. The predicted molar refractivity (Wildman–Crippen MR) is 48.7 cm³/mol. The van der Waals surface area contributed by atoms with Gasteiger partial charge in [-0.2, -0.15) is 0 Å². The van der Waals surface area contributed by atoms with E-state index in [-0.39, 0.29) is 0 Å². The molecule has 0 radical (unpaired) electrons. The molecule has 0 spiro atoms. The summed E-state index contributed by atoms with van der Waals surface area (Å²) in [6.07, 6.45) is 0.773. The van der Waals surface area contributed by atoms with E-state index in [0.29, 0.717) is 5.16 Å². The van der Waals surface area contributed by atoms with Crippen molar-refractivity contribution in [1.82, 2.24) is 15.2 Å². The average Bonchev–Trinajstić information content (AvgIpc) is 2.52. The second-order valence-electron chi connectivity index (χ2n) is 2.52. The van der Waals surface area contributed by atoms with E-state index in [1.54, 1.807) is 6.92 Å². The quantitative estimate of drug-likeness (QED) is 0.708. The highest BCUT2D eigenvalue weighted by molar-refractivity contribution is 8.00. The molecule has 1 rings (SSSR count). The van der Waals surface area contributed by atoms with Crippen LogP contribution >= 0.6 is 11.8 Å². The molecule has 1 aromatic heterocycles. The molecule has 0 unspecified atom stereocenters. The monoisotopic (exact) mass is 201 g/mol. The highest BCUT2D eigenvalue weighted by Gasteiger charge is 2.14. The number of H-pyrrole nitrogens is 1. The van der Waals surface area contributed by atoms with Crippen molar-refractivity contribution in [2.45, 2.75) is 30.7 Å². The fraction of sp³-hybridized carbons (Fsp3) is 0.571. The standard InChI is InChI=1S/C7H11N3O2S/c1-3-5-8-7(10-9-5)13-4(2)6(11)12/h4H,3H2,1-2H3,(H,11,12)(H,8,9,10)/t4-/m0/s1. The van der Waals surface area contributed by atoms with E-state index in [1.165, 1.54) is 0 Å². The first-order chi connectivity index (χ1) is 6.13. The van der Waals surface area contributed by atoms with Crippen LogP contribution in [0.15, 0.2) is 5.16 Å². The molecule has 5 nitrogen and oxygen atoms in total. The van der Waals surface area contributed by atoms with Gasteiger partial charge in [-0.3, -0.25) is 9.89 Å². The molecule has 2 N–H and O–H groups in total. The van der Waals surface area contributed by atoms with Crippen LogP contribution in [0.25, 0.3) is 0 Å². The molecule has 1 atom stereocenters. The Hall–Kier alpha value is -1.04. The van der Waals surface area contributed by atoms with Crippen molar-refractivity contribution in [1.29, 1.82) is 0 Å². The van der Waals surface area contributed by atoms with Gasteiger partial charge < -0.3 is 5.11 Å². The van der Waals surface area contributed by atoms with Crippen molar-refractivity contribution < 1.29 is 9.90 Å². The van der Waals surface area contributed by atoms with Crippen molar-refractivity contribution in [2.75, 3.05) is 0 Å². The van der Waals surface area contributed by atoms with Crippen LogP contribution in [0, 0.1) is 0 Å². The Kier molecular flexibility index (Phi) is 3.30. The van der Waals surface area contributed by atoms with E-state index in [9.17, 15) is 4.79 Å². The number of aromatic amines is 1. The van der Waals surface area contributed by atoms with E-state index in [1.807, 2.05) is 6.92 Å². The number of nitrogens with one attached hydrogen (secondary N) is 1. The zero-order valence-corrected chi connectivity index (χ0v) is 8.26. The van der Waals surface area contributed by atoms with Gasteiger partial charge in [0.15, 0.2) is 0 Å². The van der Waals surface area contributed by atoms with Crippen LogP contribution in [0.5, 0.6) is 0 Å². The van der Waals surface area contributed by atoms with Gasteiger partial charge in [0.1, 0.15) is 11.1 Å². The normalized spacial score (nSPS) is 12.8. The summed E-state index contributed by atoms with van der Waals surface area (Å²) in [5.74, 6) is -0.0760. The number of hydrogen-bond donors (Lipinski definition) is 2. The molecule has 1 heterocycles. The van der Waals surface area contributed by atoms with E-state index >= 15 is 0 Å². The molecule has 0 aromatic carbocycles. The fourth-order valence-corrected chi connectivity index (χ4v) is 1.38. The molecule has 0 aliphatic heterocycles. The molecule has 0 saturated heterocycles. The summed E-state index contributed by atoms with van der Waals surface area (Å²) in [6.45, 7) is 3.56. The van der Waals surface area contributed by atoms with E-state index in [4.69, 9.17) is 5.11 Å². The lowest BCUT2D eigenvalue weighted by Crippen LogP contribution is -2.11. The fourth-order valence-electron chi connectivity index (χ4n) is 0.697. The molecule has 0 fully saturated rings. The molecule has 0 aliphatic rings. The Balaban J connectivity index is 2.58. The van der Waals surface area contributed by atoms with Crippen LogP contribution in [0.1, 0.15) is 19.7 Å².